The fraction of sp³-hybridized carbons (Fsp3) is 0.462. The molecule has 0 saturated heterocycles. The van der Waals surface area contributed by atoms with Crippen molar-refractivity contribution in [1.29, 1.82) is 0 Å². The van der Waals surface area contributed by atoms with Crippen molar-refractivity contribution in [1.82, 2.24) is 0 Å². The Balaban J connectivity index is 2.47. The lowest BCUT2D eigenvalue weighted by Gasteiger charge is -2.25. The third-order valence-corrected chi connectivity index (χ3v) is 3.57. The third-order valence-electron chi connectivity index (χ3n) is 3.57. The molecular weight excluding hydrogens is 223 g/mol. The predicted molar refractivity (Wildman–Crippen MR) is 60.7 cm³/mol. The van der Waals surface area contributed by atoms with E-state index in [4.69, 9.17) is 4.74 Å². The summed E-state index contributed by atoms with van der Waals surface area (Å²) in [6.45, 7) is 1.60. The lowest BCUT2D eigenvalue weighted by molar-refractivity contribution is -0.144. The first-order valence-corrected chi connectivity index (χ1v) is 5.57. The van der Waals surface area contributed by atoms with Crippen LogP contribution in [0.25, 0.3) is 0 Å². The molecule has 0 heterocycles. The molecule has 92 valence electrons. The molecule has 1 unspecified atom stereocenters. The van der Waals surface area contributed by atoms with Crippen LogP contribution in [0, 0.1) is 11.7 Å². The first-order valence-electron chi connectivity index (χ1n) is 5.57. The first kappa shape index (κ1) is 11.9. The average molecular weight is 238 g/mol. The number of hydrogen-bond acceptors (Lipinski definition) is 2. The molecule has 1 fully saturated rings. The minimum absolute atomic E-state index is 0.0305. The first-order chi connectivity index (χ1) is 8.00. The SMILES string of the molecule is COc1ccc(C(C)(C(=O)O)C2CC2)c(F)c1. The van der Waals surface area contributed by atoms with Gasteiger partial charge in [0.25, 0.3) is 0 Å². The Labute approximate surface area is 99.2 Å². The quantitative estimate of drug-likeness (QED) is 0.877. The zero-order valence-electron chi connectivity index (χ0n) is 9.87. The van der Waals surface area contributed by atoms with Gasteiger partial charge in [0, 0.05) is 11.6 Å². The Bertz CT molecular complexity index is 454. The molecule has 3 nitrogen and oxygen atoms in total. The van der Waals surface area contributed by atoms with E-state index in [0.29, 0.717) is 5.75 Å². The maximum Gasteiger partial charge on any atom is 0.314 e. The van der Waals surface area contributed by atoms with Gasteiger partial charge in [-0.1, -0.05) is 6.07 Å². The van der Waals surface area contributed by atoms with Crippen molar-refractivity contribution >= 4 is 5.97 Å². The second-order valence-corrected chi connectivity index (χ2v) is 4.63. The summed E-state index contributed by atoms with van der Waals surface area (Å²) in [6.07, 6.45) is 1.68. The number of ether oxygens (including phenoxy) is 1. The molecule has 17 heavy (non-hydrogen) atoms. The fourth-order valence-electron chi connectivity index (χ4n) is 2.21. The second kappa shape index (κ2) is 4.02. The highest BCUT2D eigenvalue weighted by atomic mass is 19.1. The monoisotopic (exact) mass is 238 g/mol. The number of carbonyl (C=O) groups is 1. The molecule has 0 aromatic heterocycles. The van der Waals surface area contributed by atoms with Crippen molar-refractivity contribution in [3.8, 4) is 5.75 Å². The van der Waals surface area contributed by atoms with Crippen LogP contribution in [0.5, 0.6) is 5.75 Å². The maximum absolute atomic E-state index is 13.9. The molecule has 0 radical (unpaired) electrons. The van der Waals surface area contributed by atoms with E-state index in [1.165, 1.54) is 19.2 Å². The van der Waals surface area contributed by atoms with Crippen LogP contribution in [0.15, 0.2) is 18.2 Å². The number of halogens is 1. The van der Waals surface area contributed by atoms with Crippen molar-refractivity contribution in [2.45, 2.75) is 25.2 Å². The molecular formula is C13H15FO3. The summed E-state index contributed by atoms with van der Waals surface area (Å²) in [7, 11) is 1.45. The third kappa shape index (κ3) is 1.88. The van der Waals surface area contributed by atoms with Crippen molar-refractivity contribution in [3.05, 3.63) is 29.6 Å². The van der Waals surface area contributed by atoms with E-state index < -0.39 is 17.2 Å². The van der Waals surface area contributed by atoms with Gasteiger partial charge in [0.1, 0.15) is 11.6 Å². The highest BCUT2D eigenvalue weighted by Crippen LogP contribution is 2.48. The number of carboxylic acids is 1. The maximum atomic E-state index is 13.9. The van der Waals surface area contributed by atoms with E-state index >= 15 is 0 Å². The molecule has 0 spiro atoms. The molecule has 1 aliphatic carbocycles. The second-order valence-electron chi connectivity index (χ2n) is 4.63. The summed E-state index contributed by atoms with van der Waals surface area (Å²) in [5.74, 6) is -1.05. The molecule has 1 saturated carbocycles. The molecule has 0 amide bonds. The van der Waals surface area contributed by atoms with E-state index in [9.17, 15) is 14.3 Å². The van der Waals surface area contributed by atoms with Gasteiger partial charge >= 0.3 is 5.97 Å². The Morgan fingerprint density at radius 1 is 1.53 bits per heavy atom. The van der Waals surface area contributed by atoms with Gasteiger partial charge in [-0.25, -0.2) is 4.39 Å². The number of aliphatic carboxylic acids is 1. The molecule has 1 aromatic carbocycles. The molecule has 1 aliphatic rings. The normalized spacial score (nSPS) is 18.5. The highest BCUT2D eigenvalue weighted by molar-refractivity contribution is 5.82. The van der Waals surface area contributed by atoms with Crippen molar-refractivity contribution in [2.24, 2.45) is 5.92 Å². The largest absolute Gasteiger partial charge is 0.497 e. The predicted octanol–water partition coefficient (Wildman–Crippen LogP) is 2.59. The number of carboxylic acid groups (broad SMARTS) is 1. The van der Waals surface area contributed by atoms with Crippen molar-refractivity contribution in [2.75, 3.05) is 7.11 Å². The zero-order valence-corrected chi connectivity index (χ0v) is 9.87. The van der Waals surface area contributed by atoms with Crippen LogP contribution in [0.1, 0.15) is 25.3 Å². The number of rotatable bonds is 4. The lowest BCUT2D eigenvalue weighted by Crippen LogP contribution is -2.35. The van der Waals surface area contributed by atoms with Gasteiger partial charge in [-0.15, -0.1) is 0 Å². The number of methoxy groups -OCH3 is 1. The van der Waals surface area contributed by atoms with Gasteiger partial charge in [-0.05, 0) is 31.7 Å². The van der Waals surface area contributed by atoms with Crippen LogP contribution in [-0.2, 0) is 10.2 Å². The molecule has 0 bridgehead atoms. The molecule has 4 heteroatoms. The topological polar surface area (TPSA) is 46.5 Å². The van der Waals surface area contributed by atoms with E-state index in [1.54, 1.807) is 13.0 Å². The van der Waals surface area contributed by atoms with Crippen molar-refractivity contribution < 1.29 is 19.0 Å². The van der Waals surface area contributed by atoms with E-state index in [1.807, 2.05) is 0 Å². The Morgan fingerprint density at radius 3 is 2.59 bits per heavy atom. The standard InChI is InChI=1S/C13H15FO3/c1-13(12(15)16,8-3-4-8)10-6-5-9(17-2)7-11(10)14/h5-8H,3-4H2,1-2H3,(H,15,16). The summed E-state index contributed by atoms with van der Waals surface area (Å²) in [5.41, 5.74) is -0.885. The summed E-state index contributed by atoms with van der Waals surface area (Å²) in [5, 5.41) is 9.35. The van der Waals surface area contributed by atoms with E-state index in [0.717, 1.165) is 12.8 Å². The average Bonchev–Trinajstić information content (AvgIpc) is 3.11. The van der Waals surface area contributed by atoms with Crippen LogP contribution in [0.4, 0.5) is 4.39 Å². The molecule has 1 N–H and O–H groups in total. The van der Waals surface area contributed by atoms with Crippen LogP contribution < -0.4 is 4.74 Å². The van der Waals surface area contributed by atoms with Crippen LogP contribution in [0.3, 0.4) is 0 Å². The van der Waals surface area contributed by atoms with Gasteiger partial charge in [-0.3, -0.25) is 4.79 Å². The minimum Gasteiger partial charge on any atom is -0.497 e. The van der Waals surface area contributed by atoms with Crippen molar-refractivity contribution in [3.63, 3.8) is 0 Å². The summed E-state index contributed by atoms with van der Waals surface area (Å²) >= 11 is 0. The Hall–Kier alpha value is -1.58. The van der Waals surface area contributed by atoms with Gasteiger partial charge in [0.15, 0.2) is 0 Å². The number of hydrogen-bond donors (Lipinski definition) is 1. The minimum atomic E-state index is -1.13. The van der Waals surface area contributed by atoms with Crippen LogP contribution in [0.2, 0.25) is 0 Å². The summed E-state index contributed by atoms with van der Waals surface area (Å²) in [4.78, 5) is 11.4. The molecule has 1 aromatic rings. The summed E-state index contributed by atoms with van der Waals surface area (Å²) in [6, 6.07) is 4.35. The molecule has 2 rings (SSSR count). The Morgan fingerprint density at radius 2 is 2.18 bits per heavy atom. The van der Waals surface area contributed by atoms with Gasteiger partial charge in [-0.2, -0.15) is 0 Å². The highest BCUT2D eigenvalue weighted by Gasteiger charge is 2.50. The van der Waals surface area contributed by atoms with Gasteiger partial charge in [0.05, 0.1) is 12.5 Å². The Kier molecular flexibility index (Phi) is 2.81. The molecule has 1 atom stereocenters. The smallest absolute Gasteiger partial charge is 0.314 e. The number of benzene rings is 1. The van der Waals surface area contributed by atoms with E-state index in [-0.39, 0.29) is 11.5 Å². The fourth-order valence-corrected chi connectivity index (χ4v) is 2.21. The summed E-state index contributed by atoms with van der Waals surface area (Å²) < 4.78 is 18.8. The zero-order chi connectivity index (χ0) is 12.6. The van der Waals surface area contributed by atoms with Crippen LogP contribution >= 0.6 is 0 Å². The van der Waals surface area contributed by atoms with Gasteiger partial charge < -0.3 is 9.84 Å². The van der Waals surface area contributed by atoms with E-state index in [2.05, 4.69) is 0 Å². The molecule has 0 aliphatic heterocycles. The lowest BCUT2D eigenvalue weighted by atomic mass is 9.77. The van der Waals surface area contributed by atoms with Crippen LogP contribution in [-0.4, -0.2) is 18.2 Å². The van der Waals surface area contributed by atoms with Gasteiger partial charge in [0.2, 0.25) is 0 Å².